The summed E-state index contributed by atoms with van der Waals surface area (Å²) in [5.41, 5.74) is 11.6. The first kappa shape index (κ1) is 13.8. The molecule has 0 aromatic carbocycles. The van der Waals surface area contributed by atoms with Crippen molar-refractivity contribution in [2.24, 2.45) is 11.5 Å². The van der Waals surface area contributed by atoms with Gasteiger partial charge in [-0.15, -0.1) is 0 Å². The Morgan fingerprint density at radius 1 is 1.63 bits per heavy atom. The zero-order valence-corrected chi connectivity index (χ0v) is 11.1. The van der Waals surface area contributed by atoms with E-state index in [0.717, 1.165) is 25.2 Å². The van der Waals surface area contributed by atoms with Crippen molar-refractivity contribution >= 4 is 11.7 Å². The Morgan fingerprint density at radius 2 is 2.42 bits per heavy atom. The molecule has 6 heteroatoms. The molecule has 0 saturated carbocycles. The molecule has 1 aromatic heterocycles. The molecule has 2 atom stereocenters. The molecule has 0 aliphatic carbocycles. The van der Waals surface area contributed by atoms with E-state index in [9.17, 15) is 4.79 Å². The van der Waals surface area contributed by atoms with Gasteiger partial charge >= 0.3 is 0 Å². The SMILES string of the molecule is COC1CCN(c2cc(C(N)=O)ccn2)C(CN)C1. The number of piperidine rings is 1. The first-order valence-electron chi connectivity index (χ1n) is 6.41. The lowest BCUT2D eigenvalue weighted by Gasteiger charge is -2.39. The third-order valence-electron chi connectivity index (χ3n) is 3.60. The number of hydrogen-bond donors (Lipinski definition) is 2. The second-order valence-corrected chi connectivity index (χ2v) is 4.73. The fourth-order valence-electron chi connectivity index (χ4n) is 2.48. The van der Waals surface area contributed by atoms with Crippen LogP contribution in [-0.2, 0) is 4.74 Å². The Morgan fingerprint density at radius 3 is 3.05 bits per heavy atom. The van der Waals surface area contributed by atoms with Crippen molar-refractivity contribution in [1.82, 2.24) is 4.98 Å². The average Bonchev–Trinajstić information content (AvgIpc) is 2.46. The van der Waals surface area contributed by atoms with Crippen molar-refractivity contribution in [3.63, 3.8) is 0 Å². The largest absolute Gasteiger partial charge is 0.381 e. The number of hydrogen-bond acceptors (Lipinski definition) is 5. The minimum atomic E-state index is -0.445. The van der Waals surface area contributed by atoms with Crippen molar-refractivity contribution < 1.29 is 9.53 Å². The lowest BCUT2D eigenvalue weighted by atomic mass is 9.99. The lowest BCUT2D eigenvalue weighted by molar-refractivity contribution is 0.0707. The Bertz CT molecular complexity index is 452. The Hall–Kier alpha value is -1.66. The van der Waals surface area contributed by atoms with Gasteiger partial charge in [-0.05, 0) is 25.0 Å². The molecule has 0 bridgehead atoms. The molecule has 1 fully saturated rings. The van der Waals surface area contributed by atoms with E-state index in [1.165, 1.54) is 0 Å². The summed E-state index contributed by atoms with van der Waals surface area (Å²) in [4.78, 5) is 17.7. The van der Waals surface area contributed by atoms with Crippen LogP contribution in [0.5, 0.6) is 0 Å². The molecular weight excluding hydrogens is 244 g/mol. The van der Waals surface area contributed by atoms with Gasteiger partial charge in [0, 0.05) is 38.0 Å². The summed E-state index contributed by atoms with van der Waals surface area (Å²) < 4.78 is 5.39. The number of amides is 1. The average molecular weight is 264 g/mol. The number of aromatic nitrogens is 1. The topological polar surface area (TPSA) is 94.5 Å². The van der Waals surface area contributed by atoms with Crippen LogP contribution < -0.4 is 16.4 Å². The highest BCUT2D eigenvalue weighted by Crippen LogP contribution is 2.24. The first-order valence-corrected chi connectivity index (χ1v) is 6.41. The highest BCUT2D eigenvalue weighted by molar-refractivity contribution is 5.93. The molecule has 104 valence electrons. The number of methoxy groups -OCH3 is 1. The van der Waals surface area contributed by atoms with Crippen molar-refractivity contribution in [2.75, 3.05) is 25.1 Å². The zero-order chi connectivity index (χ0) is 13.8. The van der Waals surface area contributed by atoms with E-state index in [2.05, 4.69) is 9.88 Å². The van der Waals surface area contributed by atoms with E-state index >= 15 is 0 Å². The highest BCUT2D eigenvalue weighted by Gasteiger charge is 2.28. The van der Waals surface area contributed by atoms with Crippen LogP contribution in [0.1, 0.15) is 23.2 Å². The van der Waals surface area contributed by atoms with Gasteiger partial charge in [-0.3, -0.25) is 4.79 Å². The van der Waals surface area contributed by atoms with Gasteiger partial charge in [-0.1, -0.05) is 0 Å². The van der Waals surface area contributed by atoms with E-state index < -0.39 is 5.91 Å². The smallest absolute Gasteiger partial charge is 0.248 e. The predicted molar refractivity (Wildman–Crippen MR) is 73.0 cm³/mol. The van der Waals surface area contributed by atoms with Crippen LogP contribution in [0.15, 0.2) is 18.3 Å². The monoisotopic (exact) mass is 264 g/mol. The zero-order valence-electron chi connectivity index (χ0n) is 11.1. The molecule has 19 heavy (non-hydrogen) atoms. The Kier molecular flexibility index (Phi) is 4.34. The van der Waals surface area contributed by atoms with Crippen LogP contribution >= 0.6 is 0 Å². The van der Waals surface area contributed by atoms with Crippen molar-refractivity contribution in [1.29, 1.82) is 0 Å². The van der Waals surface area contributed by atoms with Crippen molar-refractivity contribution in [3.8, 4) is 0 Å². The maximum Gasteiger partial charge on any atom is 0.248 e. The molecule has 0 radical (unpaired) electrons. The van der Waals surface area contributed by atoms with Crippen LogP contribution in [-0.4, -0.2) is 43.2 Å². The number of carbonyl (C=O) groups excluding carboxylic acids is 1. The van der Waals surface area contributed by atoms with Gasteiger partial charge in [0.15, 0.2) is 0 Å². The maximum absolute atomic E-state index is 11.2. The van der Waals surface area contributed by atoms with Crippen LogP contribution in [0.4, 0.5) is 5.82 Å². The summed E-state index contributed by atoms with van der Waals surface area (Å²) in [7, 11) is 1.72. The predicted octanol–water partition coefficient (Wildman–Crippen LogP) is 0.123. The first-order chi connectivity index (χ1) is 9.15. The van der Waals surface area contributed by atoms with Gasteiger partial charge in [0.05, 0.1) is 6.10 Å². The van der Waals surface area contributed by atoms with Gasteiger partial charge in [0.2, 0.25) is 5.91 Å². The molecule has 6 nitrogen and oxygen atoms in total. The third-order valence-corrected chi connectivity index (χ3v) is 3.60. The normalized spacial score (nSPS) is 23.4. The number of ether oxygens (including phenoxy) is 1. The highest BCUT2D eigenvalue weighted by atomic mass is 16.5. The van der Waals surface area contributed by atoms with Crippen LogP contribution in [0, 0.1) is 0 Å². The number of anilines is 1. The molecule has 1 saturated heterocycles. The standard InChI is InChI=1S/C13H20N4O2/c1-19-11-3-5-17(10(7-11)8-14)12-6-9(13(15)18)2-4-16-12/h2,4,6,10-11H,3,5,7-8,14H2,1H3,(H2,15,18). The van der Waals surface area contributed by atoms with E-state index in [1.807, 2.05) is 0 Å². The third kappa shape index (κ3) is 3.02. The second-order valence-electron chi connectivity index (χ2n) is 4.73. The number of rotatable bonds is 4. The van der Waals surface area contributed by atoms with Crippen LogP contribution in [0.3, 0.4) is 0 Å². The molecular formula is C13H20N4O2. The number of nitrogens with two attached hydrogens (primary N) is 2. The van der Waals surface area contributed by atoms with Crippen LogP contribution in [0.25, 0.3) is 0 Å². The second kappa shape index (κ2) is 5.99. The fraction of sp³-hybridized carbons (Fsp3) is 0.538. The molecule has 2 heterocycles. The summed E-state index contributed by atoms with van der Waals surface area (Å²) in [6.07, 6.45) is 3.64. The van der Waals surface area contributed by atoms with Gasteiger partial charge in [0.25, 0.3) is 0 Å². The summed E-state index contributed by atoms with van der Waals surface area (Å²) >= 11 is 0. The maximum atomic E-state index is 11.2. The number of primary amides is 1. The Balaban J connectivity index is 2.20. The van der Waals surface area contributed by atoms with Crippen molar-refractivity contribution in [2.45, 2.75) is 25.0 Å². The molecule has 4 N–H and O–H groups in total. The van der Waals surface area contributed by atoms with Crippen LogP contribution in [0.2, 0.25) is 0 Å². The number of carbonyl (C=O) groups is 1. The summed E-state index contributed by atoms with van der Waals surface area (Å²) in [6.45, 7) is 1.35. The van der Waals surface area contributed by atoms with E-state index in [0.29, 0.717) is 12.1 Å². The van der Waals surface area contributed by atoms with Gasteiger partial charge in [-0.2, -0.15) is 0 Å². The Labute approximate surface area is 112 Å². The molecule has 2 rings (SSSR count). The molecule has 0 spiro atoms. The molecule has 1 aromatic rings. The number of pyridine rings is 1. The molecule has 1 aliphatic heterocycles. The summed E-state index contributed by atoms with van der Waals surface area (Å²) in [5.74, 6) is 0.307. The lowest BCUT2D eigenvalue weighted by Crippen LogP contribution is -2.49. The summed E-state index contributed by atoms with van der Waals surface area (Å²) in [6, 6.07) is 3.51. The van der Waals surface area contributed by atoms with Gasteiger partial charge in [0.1, 0.15) is 5.82 Å². The number of nitrogens with zero attached hydrogens (tertiary/aromatic N) is 2. The van der Waals surface area contributed by atoms with E-state index in [4.69, 9.17) is 16.2 Å². The van der Waals surface area contributed by atoms with Crippen molar-refractivity contribution in [3.05, 3.63) is 23.9 Å². The summed E-state index contributed by atoms with van der Waals surface area (Å²) in [5, 5.41) is 0. The molecule has 2 unspecified atom stereocenters. The quantitative estimate of drug-likeness (QED) is 0.805. The van der Waals surface area contributed by atoms with E-state index in [1.54, 1.807) is 25.4 Å². The van der Waals surface area contributed by atoms with Gasteiger partial charge in [-0.25, -0.2) is 4.98 Å². The molecule has 1 amide bonds. The minimum absolute atomic E-state index is 0.175. The van der Waals surface area contributed by atoms with E-state index in [-0.39, 0.29) is 12.1 Å². The molecule has 1 aliphatic rings. The minimum Gasteiger partial charge on any atom is -0.381 e. The van der Waals surface area contributed by atoms with Gasteiger partial charge < -0.3 is 21.1 Å². The fourth-order valence-corrected chi connectivity index (χ4v) is 2.48.